The van der Waals surface area contributed by atoms with E-state index in [0.717, 1.165) is 5.69 Å². The standard InChI is InChI=1S/C12H9ClN4S/c1-18-12-10(6-14)11(15-7-16-12)17-9-4-2-3-8(13)5-9/h2-5,7H,1H3,(H,15,16,17). The van der Waals surface area contributed by atoms with Gasteiger partial charge in [0, 0.05) is 10.7 Å². The molecule has 18 heavy (non-hydrogen) atoms. The maximum absolute atomic E-state index is 9.15. The van der Waals surface area contributed by atoms with E-state index in [1.165, 1.54) is 18.1 Å². The summed E-state index contributed by atoms with van der Waals surface area (Å²) in [6.45, 7) is 0. The van der Waals surface area contributed by atoms with Crippen LogP contribution in [0.3, 0.4) is 0 Å². The zero-order valence-corrected chi connectivity index (χ0v) is 11.1. The average molecular weight is 277 g/mol. The number of halogens is 1. The second-order valence-corrected chi connectivity index (χ2v) is 4.59. The van der Waals surface area contributed by atoms with Crippen LogP contribution in [-0.2, 0) is 0 Å². The molecule has 0 aliphatic heterocycles. The summed E-state index contributed by atoms with van der Waals surface area (Å²) in [6.07, 6.45) is 3.30. The number of hydrogen-bond acceptors (Lipinski definition) is 5. The SMILES string of the molecule is CSc1ncnc(Nc2cccc(Cl)c2)c1C#N. The van der Waals surface area contributed by atoms with Crippen molar-refractivity contribution < 1.29 is 0 Å². The summed E-state index contributed by atoms with van der Waals surface area (Å²) in [5.74, 6) is 0.485. The molecule has 0 spiro atoms. The number of rotatable bonds is 3. The highest BCUT2D eigenvalue weighted by molar-refractivity contribution is 7.98. The van der Waals surface area contributed by atoms with Crippen LogP contribution in [0.2, 0.25) is 5.02 Å². The highest BCUT2D eigenvalue weighted by Gasteiger charge is 2.10. The van der Waals surface area contributed by atoms with E-state index in [-0.39, 0.29) is 0 Å². The van der Waals surface area contributed by atoms with Crippen LogP contribution < -0.4 is 5.32 Å². The fraction of sp³-hybridized carbons (Fsp3) is 0.0833. The van der Waals surface area contributed by atoms with Gasteiger partial charge in [0.25, 0.3) is 0 Å². The lowest BCUT2D eigenvalue weighted by Crippen LogP contribution is -1.99. The molecule has 0 saturated carbocycles. The lowest BCUT2D eigenvalue weighted by molar-refractivity contribution is 1.03. The van der Waals surface area contributed by atoms with Crippen LogP contribution in [0.4, 0.5) is 11.5 Å². The zero-order valence-electron chi connectivity index (χ0n) is 9.51. The molecule has 0 fully saturated rings. The van der Waals surface area contributed by atoms with Gasteiger partial charge in [0.2, 0.25) is 0 Å². The van der Waals surface area contributed by atoms with Crippen LogP contribution in [0.1, 0.15) is 5.56 Å². The van der Waals surface area contributed by atoms with Crippen LogP contribution >= 0.6 is 23.4 Å². The van der Waals surface area contributed by atoms with Crippen molar-refractivity contribution >= 4 is 34.9 Å². The molecule has 0 saturated heterocycles. The number of nitrogens with zero attached hydrogens (tertiary/aromatic N) is 3. The predicted molar refractivity (Wildman–Crippen MR) is 73.3 cm³/mol. The van der Waals surface area contributed by atoms with Crippen molar-refractivity contribution in [3.63, 3.8) is 0 Å². The van der Waals surface area contributed by atoms with Gasteiger partial charge < -0.3 is 5.32 Å². The fourth-order valence-electron chi connectivity index (χ4n) is 1.42. The summed E-state index contributed by atoms with van der Waals surface area (Å²) in [7, 11) is 0. The Hall–Kier alpha value is -1.77. The first kappa shape index (κ1) is 12.7. The molecule has 6 heteroatoms. The minimum atomic E-state index is 0.435. The molecule has 0 amide bonds. The second kappa shape index (κ2) is 5.71. The van der Waals surface area contributed by atoms with Crippen LogP contribution in [0.25, 0.3) is 0 Å². The summed E-state index contributed by atoms with van der Waals surface area (Å²) in [5, 5.41) is 13.5. The van der Waals surface area contributed by atoms with Crippen LogP contribution in [0.5, 0.6) is 0 Å². The number of aromatic nitrogens is 2. The maximum atomic E-state index is 9.15. The minimum Gasteiger partial charge on any atom is -0.339 e. The van der Waals surface area contributed by atoms with Gasteiger partial charge in [-0.1, -0.05) is 17.7 Å². The Bertz CT molecular complexity index is 609. The quantitative estimate of drug-likeness (QED) is 0.687. The van der Waals surface area contributed by atoms with Gasteiger partial charge in [-0.2, -0.15) is 5.26 Å². The first-order valence-corrected chi connectivity index (χ1v) is 6.66. The Morgan fingerprint density at radius 1 is 1.39 bits per heavy atom. The molecule has 0 aliphatic carbocycles. The molecule has 0 aliphatic rings. The van der Waals surface area contributed by atoms with Gasteiger partial charge in [0.05, 0.1) is 0 Å². The molecule has 0 unspecified atom stereocenters. The third-order valence-electron chi connectivity index (χ3n) is 2.21. The van der Waals surface area contributed by atoms with E-state index in [1.54, 1.807) is 12.1 Å². The van der Waals surface area contributed by atoms with E-state index >= 15 is 0 Å². The molecule has 1 heterocycles. The number of benzene rings is 1. The van der Waals surface area contributed by atoms with Gasteiger partial charge in [-0.3, -0.25) is 0 Å². The molecular weight excluding hydrogens is 268 g/mol. The topological polar surface area (TPSA) is 61.6 Å². The van der Waals surface area contributed by atoms with Gasteiger partial charge in [-0.15, -0.1) is 11.8 Å². The summed E-state index contributed by atoms with van der Waals surface area (Å²) in [5.41, 5.74) is 1.22. The first-order chi connectivity index (χ1) is 8.74. The number of hydrogen-bond donors (Lipinski definition) is 1. The van der Waals surface area contributed by atoms with Crippen molar-refractivity contribution in [2.45, 2.75) is 5.03 Å². The average Bonchev–Trinajstić information content (AvgIpc) is 2.38. The number of nitrogens with one attached hydrogen (secondary N) is 1. The summed E-state index contributed by atoms with van der Waals surface area (Å²) < 4.78 is 0. The molecule has 1 N–H and O–H groups in total. The molecule has 0 bridgehead atoms. The molecule has 4 nitrogen and oxygen atoms in total. The minimum absolute atomic E-state index is 0.435. The molecule has 90 valence electrons. The lowest BCUT2D eigenvalue weighted by atomic mass is 10.3. The first-order valence-electron chi connectivity index (χ1n) is 5.06. The number of thioether (sulfide) groups is 1. The van der Waals surface area contributed by atoms with E-state index in [1.807, 2.05) is 18.4 Å². The molecule has 2 rings (SSSR count). The monoisotopic (exact) mass is 276 g/mol. The third kappa shape index (κ3) is 2.73. The predicted octanol–water partition coefficient (Wildman–Crippen LogP) is 3.47. The summed E-state index contributed by atoms with van der Waals surface area (Å²) in [6, 6.07) is 9.34. The lowest BCUT2D eigenvalue weighted by Gasteiger charge is -2.08. The Balaban J connectivity index is 2.38. The molecule has 0 atom stereocenters. The highest BCUT2D eigenvalue weighted by Crippen LogP contribution is 2.25. The van der Waals surface area contributed by atoms with Gasteiger partial charge in [0.15, 0.2) is 5.82 Å². The maximum Gasteiger partial charge on any atom is 0.152 e. The van der Waals surface area contributed by atoms with E-state index in [2.05, 4.69) is 21.4 Å². The Kier molecular flexibility index (Phi) is 4.03. The van der Waals surface area contributed by atoms with Crippen LogP contribution in [0, 0.1) is 11.3 Å². The van der Waals surface area contributed by atoms with Crippen molar-refractivity contribution in [1.29, 1.82) is 5.26 Å². The van der Waals surface area contributed by atoms with E-state index in [0.29, 0.717) is 21.4 Å². The molecule has 0 radical (unpaired) electrons. The molecular formula is C12H9ClN4S. The number of nitriles is 1. The van der Waals surface area contributed by atoms with Crippen LogP contribution in [0.15, 0.2) is 35.6 Å². The Morgan fingerprint density at radius 2 is 2.22 bits per heavy atom. The summed E-state index contributed by atoms with van der Waals surface area (Å²) >= 11 is 7.31. The van der Waals surface area contributed by atoms with E-state index in [4.69, 9.17) is 16.9 Å². The molecule has 1 aromatic heterocycles. The normalized spacial score (nSPS) is 9.83. The fourth-order valence-corrected chi connectivity index (χ4v) is 2.11. The van der Waals surface area contributed by atoms with E-state index < -0.39 is 0 Å². The highest BCUT2D eigenvalue weighted by atomic mass is 35.5. The zero-order chi connectivity index (χ0) is 13.0. The van der Waals surface area contributed by atoms with Gasteiger partial charge >= 0.3 is 0 Å². The Labute approximate surface area is 114 Å². The van der Waals surface area contributed by atoms with E-state index in [9.17, 15) is 0 Å². The molecule has 2 aromatic rings. The van der Waals surface area contributed by atoms with Crippen molar-refractivity contribution in [3.8, 4) is 6.07 Å². The van der Waals surface area contributed by atoms with Gasteiger partial charge in [-0.05, 0) is 24.5 Å². The van der Waals surface area contributed by atoms with Crippen LogP contribution in [-0.4, -0.2) is 16.2 Å². The third-order valence-corrected chi connectivity index (χ3v) is 3.14. The number of anilines is 2. The van der Waals surface area contributed by atoms with Crippen molar-refractivity contribution in [1.82, 2.24) is 9.97 Å². The smallest absolute Gasteiger partial charge is 0.152 e. The largest absolute Gasteiger partial charge is 0.339 e. The summed E-state index contributed by atoms with van der Waals surface area (Å²) in [4.78, 5) is 8.13. The molecule has 1 aromatic carbocycles. The van der Waals surface area contributed by atoms with Gasteiger partial charge in [-0.25, -0.2) is 9.97 Å². The van der Waals surface area contributed by atoms with Crippen molar-refractivity contribution in [2.75, 3.05) is 11.6 Å². The van der Waals surface area contributed by atoms with Gasteiger partial charge in [0.1, 0.15) is 23.0 Å². The van der Waals surface area contributed by atoms with Crippen molar-refractivity contribution in [3.05, 3.63) is 41.2 Å². The van der Waals surface area contributed by atoms with Crippen molar-refractivity contribution in [2.24, 2.45) is 0 Å². The Morgan fingerprint density at radius 3 is 2.89 bits per heavy atom. The second-order valence-electron chi connectivity index (χ2n) is 3.35.